The van der Waals surface area contributed by atoms with E-state index in [0.717, 1.165) is 18.5 Å². The average molecular weight is 473 g/mol. The summed E-state index contributed by atoms with van der Waals surface area (Å²) in [6, 6.07) is 5.23. The smallest absolute Gasteiger partial charge is 0.337 e. The van der Waals surface area contributed by atoms with E-state index < -0.39 is 17.5 Å². The fourth-order valence-electron chi connectivity index (χ4n) is 3.56. The van der Waals surface area contributed by atoms with Gasteiger partial charge in [0, 0.05) is 28.8 Å². The Morgan fingerprint density at radius 3 is 2.37 bits per heavy atom. The number of benzene rings is 1. The third kappa shape index (κ3) is 5.81. The second-order valence-corrected chi connectivity index (χ2v) is 9.50. The lowest BCUT2D eigenvalue weighted by atomic mass is 9.78. The maximum atomic E-state index is 13.2. The van der Waals surface area contributed by atoms with Gasteiger partial charge < -0.3 is 10.1 Å². The zero-order valence-corrected chi connectivity index (χ0v) is 20.3. The molecule has 2 rings (SSSR count). The van der Waals surface area contributed by atoms with E-state index in [0.29, 0.717) is 44.8 Å². The van der Waals surface area contributed by atoms with Crippen LogP contribution in [-0.4, -0.2) is 23.2 Å². The molecule has 164 valence electrons. The van der Waals surface area contributed by atoms with E-state index in [2.05, 4.69) is 5.32 Å². The number of alkyl halides is 1. The van der Waals surface area contributed by atoms with Crippen LogP contribution >= 0.6 is 34.8 Å². The standard InChI is InChI=1S/C23H28Cl3NO3/c1-13-18(22(29)30-23(3,4)5)20(15-9-8-10-16(25)21(15)26)19(14(2)28)17(27-13)11-6-7-12-24/h8-10,20,27H,6-7,11-12H2,1-5H3. The van der Waals surface area contributed by atoms with Crippen LogP contribution in [-0.2, 0) is 14.3 Å². The van der Waals surface area contributed by atoms with Crippen LogP contribution in [0.4, 0.5) is 0 Å². The van der Waals surface area contributed by atoms with Gasteiger partial charge in [-0.25, -0.2) is 4.79 Å². The summed E-state index contributed by atoms with van der Waals surface area (Å²) in [6.07, 6.45) is 2.27. The third-order valence-corrected chi connectivity index (χ3v) is 5.85. The molecule has 0 bridgehead atoms. The molecule has 0 spiro atoms. The van der Waals surface area contributed by atoms with Crippen LogP contribution in [0.15, 0.2) is 40.7 Å². The number of carbonyl (C=O) groups excluding carboxylic acids is 2. The Kier molecular flexibility index (Phi) is 8.43. The van der Waals surface area contributed by atoms with E-state index >= 15 is 0 Å². The number of esters is 1. The second-order valence-electron chi connectivity index (χ2n) is 8.34. The van der Waals surface area contributed by atoms with Crippen molar-refractivity contribution < 1.29 is 14.3 Å². The Labute approximate surface area is 193 Å². The van der Waals surface area contributed by atoms with E-state index in [1.165, 1.54) is 6.92 Å². The molecule has 0 fully saturated rings. The van der Waals surface area contributed by atoms with Gasteiger partial charge in [0.2, 0.25) is 0 Å². The van der Waals surface area contributed by atoms with Gasteiger partial charge in [0.15, 0.2) is 5.78 Å². The summed E-state index contributed by atoms with van der Waals surface area (Å²) in [6.45, 7) is 8.72. The normalized spacial score (nSPS) is 17.1. The molecule has 0 radical (unpaired) electrons. The van der Waals surface area contributed by atoms with Gasteiger partial charge in [0.05, 0.1) is 15.6 Å². The van der Waals surface area contributed by atoms with Gasteiger partial charge in [-0.3, -0.25) is 4.79 Å². The monoisotopic (exact) mass is 471 g/mol. The van der Waals surface area contributed by atoms with Crippen LogP contribution in [0.3, 0.4) is 0 Å². The lowest BCUT2D eigenvalue weighted by molar-refractivity contribution is -0.150. The fraction of sp³-hybridized carbons (Fsp3) is 0.478. The summed E-state index contributed by atoms with van der Waals surface area (Å²) < 4.78 is 5.67. The summed E-state index contributed by atoms with van der Waals surface area (Å²) in [5, 5.41) is 3.96. The summed E-state index contributed by atoms with van der Waals surface area (Å²) in [4.78, 5) is 26.0. The number of Topliss-reactive ketones (excluding diaryl/α,β-unsaturated/α-hetero) is 1. The van der Waals surface area contributed by atoms with Gasteiger partial charge in [-0.15, -0.1) is 11.6 Å². The number of unbranched alkanes of at least 4 members (excludes halogenated alkanes) is 1. The first-order valence-electron chi connectivity index (χ1n) is 9.93. The summed E-state index contributed by atoms with van der Waals surface area (Å²) >= 11 is 18.6. The summed E-state index contributed by atoms with van der Waals surface area (Å²) in [5.74, 6) is -0.759. The molecule has 1 aliphatic rings. The Hall–Kier alpha value is -1.49. The molecule has 4 nitrogen and oxygen atoms in total. The Balaban J connectivity index is 2.69. The number of hydrogen-bond donors (Lipinski definition) is 1. The minimum atomic E-state index is -0.687. The SMILES string of the molecule is CC(=O)C1=C(CCCCCl)NC(C)=C(C(=O)OC(C)(C)C)C1c1cccc(Cl)c1Cl. The number of ether oxygens (including phenoxy) is 1. The van der Waals surface area contributed by atoms with Gasteiger partial charge in [-0.05, 0) is 65.5 Å². The van der Waals surface area contributed by atoms with Crippen LogP contribution in [0.25, 0.3) is 0 Å². The van der Waals surface area contributed by atoms with Crippen molar-refractivity contribution in [2.45, 2.75) is 65.4 Å². The van der Waals surface area contributed by atoms with Crippen molar-refractivity contribution in [3.63, 3.8) is 0 Å². The van der Waals surface area contributed by atoms with Crippen molar-refractivity contribution in [1.29, 1.82) is 0 Å². The number of dihydropyridines is 1. The molecule has 1 aliphatic heterocycles. The highest BCUT2D eigenvalue weighted by Gasteiger charge is 2.39. The zero-order chi connectivity index (χ0) is 22.6. The van der Waals surface area contributed by atoms with E-state index in [9.17, 15) is 9.59 Å². The highest BCUT2D eigenvalue weighted by Crippen LogP contribution is 2.44. The third-order valence-electron chi connectivity index (χ3n) is 4.75. The molecule has 0 aliphatic carbocycles. The number of halogens is 3. The molecule has 1 aromatic rings. The Morgan fingerprint density at radius 1 is 1.13 bits per heavy atom. The quantitative estimate of drug-likeness (QED) is 0.278. The molecule has 0 saturated carbocycles. The minimum absolute atomic E-state index is 0.141. The number of ketones is 1. The van der Waals surface area contributed by atoms with Gasteiger partial charge >= 0.3 is 5.97 Å². The van der Waals surface area contributed by atoms with Crippen LogP contribution in [0.5, 0.6) is 0 Å². The molecule has 7 heteroatoms. The van der Waals surface area contributed by atoms with Gasteiger partial charge in [-0.2, -0.15) is 0 Å². The van der Waals surface area contributed by atoms with Crippen molar-refractivity contribution in [2.75, 3.05) is 5.88 Å². The molecule has 0 aromatic heterocycles. The highest BCUT2D eigenvalue weighted by atomic mass is 35.5. The Morgan fingerprint density at radius 2 is 1.80 bits per heavy atom. The first-order chi connectivity index (χ1) is 14.0. The van der Waals surface area contributed by atoms with Crippen LogP contribution < -0.4 is 5.32 Å². The second kappa shape index (κ2) is 10.2. The molecule has 1 aromatic carbocycles. The predicted molar refractivity (Wildman–Crippen MR) is 123 cm³/mol. The summed E-state index contributed by atoms with van der Waals surface area (Å²) in [5.41, 5.74) is 2.19. The van der Waals surface area contributed by atoms with E-state index in [4.69, 9.17) is 39.5 Å². The molecule has 1 atom stereocenters. The van der Waals surface area contributed by atoms with Crippen molar-refractivity contribution in [3.05, 3.63) is 56.3 Å². The molecule has 30 heavy (non-hydrogen) atoms. The molecular weight excluding hydrogens is 445 g/mol. The maximum absolute atomic E-state index is 13.2. The zero-order valence-electron chi connectivity index (χ0n) is 18.0. The Bertz CT molecular complexity index is 897. The van der Waals surface area contributed by atoms with Crippen LogP contribution in [0, 0.1) is 0 Å². The fourth-order valence-corrected chi connectivity index (χ4v) is 4.17. The lowest BCUT2D eigenvalue weighted by Gasteiger charge is -2.33. The predicted octanol–water partition coefficient (Wildman–Crippen LogP) is 6.55. The number of carbonyl (C=O) groups is 2. The van der Waals surface area contributed by atoms with Crippen molar-refractivity contribution >= 4 is 46.6 Å². The minimum Gasteiger partial charge on any atom is -0.457 e. The molecule has 1 N–H and O–H groups in total. The van der Waals surface area contributed by atoms with Crippen molar-refractivity contribution in [3.8, 4) is 0 Å². The van der Waals surface area contributed by atoms with E-state index in [-0.39, 0.29) is 5.78 Å². The number of hydrogen-bond acceptors (Lipinski definition) is 4. The molecule has 0 amide bonds. The molecule has 1 heterocycles. The van der Waals surface area contributed by atoms with Crippen LogP contribution in [0.2, 0.25) is 10.0 Å². The molecular formula is C23H28Cl3NO3. The van der Waals surface area contributed by atoms with Crippen molar-refractivity contribution in [1.82, 2.24) is 5.32 Å². The first kappa shape index (κ1) is 24.8. The number of rotatable bonds is 7. The lowest BCUT2D eigenvalue weighted by Crippen LogP contribution is -2.34. The maximum Gasteiger partial charge on any atom is 0.337 e. The highest BCUT2D eigenvalue weighted by molar-refractivity contribution is 6.42. The number of allylic oxidation sites excluding steroid dienone is 3. The molecule has 1 unspecified atom stereocenters. The van der Waals surface area contributed by atoms with Gasteiger partial charge in [-0.1, -0.05) is 35.3 Å². The van der Waals surface area contributed by atoms with E-state index in [1.54, 1.807) is 39.0 Å². The first-order valence-corrected chi connectivity index (χ1v) is 11.2. The molecule has 0 saturated heterocycles. The van der Waals surface area contributed by atoms with Crippen molar-refractivity contribution in [2.24, 2.45) is 0 Å². The largest absolute Gasteiger partial charge is 0.457 e. The number of nitrogens with one attached hydrogen (secondary N) is 1. The summed E-state index contributed by atoms with van der Waals surface area (Å²) in [7, 11) is 0. The topological polar surface area (TPSA) is 55.4 Å². The van der Waals surface area contributed by atoms with E-state index in [1.807, 2.05) is 6.92 Å². The average Bonchev–Trinajstić information content (AvgIpc) is 2.61. The van der Waals surface area contributed by atoms with Gasteiger partial charge in [0.25, 0.3) is 0 Å². The van der Waals surface area contributed by atoms with Gasteiger partial charge in [0.1, 0.15) is 5.60 Å². The van der Waals surface area contributed by atoms with Crippen LogP contribution in [0.1, 0.15) is 65.4 Å².